The van der Waals surface area contributed by atoms with Crippen LogP contribution in [0.25, 0.3) is 0 Å². The summed E-state index contributed by atoms with van der Waals surface area (Å²) in [6.45, 7) is 10.3. The predicted octanol–water partition coefficient (Wildman–Crippen LogP) is 2.12. The maximum absolute atomic E-state index is 5.12. The monoisotopic (exact) mass is 242 g/mol. The van der Waals surface area contributed by atoms with Gasteiger partial charge in [0.1, 0.15) is 0 Å². The van der Waals surface area contributed by atoms with Gasteiger partial charge in [-0.3, -0.25) is 0 Å². The predicted molar refractivity (Wildman–Crippen MR) is 73.4 cm³/mol. The van der Waals surface area contributed by atoms with Crippen LogP contribution < -0.4 is 5.32 Å². The summed E-state index contributed by atoms with van der Waals surface area (Å²) in [4.78, 5) is 2.61. The number of likely N-dealkylation sites (tertiary alicyclic amines) is 1. The highest BCUT2D eigenvalue weighted by Crippen LogP contribution is 2.20. The van der Waals surface area contributed by atoms with Crippen LogP contribution in [0.15, 0.2) is 0 Å². The standard InChI is InChI=1S/C14H30N2O/c1-4-8-15-14-7-10-16(9-6-11-17-3)12-13(14)5-2/h13-15H,4-12H2,1-3H3. The summed E-state index contributed by atoms with van der Waals surface area (Å²) in [5, 5.41) is 3.71. The van der Waals surface area contributed by atoms with Crippen molar-refractivity contribution in [3.05, 3.63) is 0 Å². The molecule has 1 rings (SSSR count). The maximum atomic E-state index is 5.12. The molecule has 0 radical (unpaired) electrons. The van der Waals surface area contributed by atoms with E-state index in [2.05, 4.69) is 24.1 Å². The van der Waals surface area contributed by atoms with Crippen molar-refractivity contribution in [2.75, 3.05) is 39.9 Å². The van der Waals surface area contributed by atoms with Crippen LogP contribution in [0.1, 0.15) is 39.5 Å². The number of hydrogen-bond acceptors (Lipinski definition) is 3. The summed E-state index contributed by atoms with van der Waals surface area (Å²) >= 11 is 0. The Kier molecular flexibility index (Phi) is 7.82. The topological polar surface area (TPSA) is 24.5 Å². The van der Waals surface area contributed by atoms with Crippen molar-refractivity contribution >= 4 is 0 Å². The van der Waals surface area contributed by atoms with Gasteiger partial charge in [0.2, 0.25) is 0 Å². The van der Waals surface area contributed by atoms with Crippen LogP contribution in [0.3, 0.4) is 0 Å². The molecule has 102 valence electrons. The number of nitrogens with one attached hydrogen (secondary N) is 1. The van der Waals surface area contributed by atoms with Gasteiger partial charge in [0.15, 0.2) is 0 Å². The van der Waals surface area contributed by atoms with Crippen LogP contribution in [0.5, 0.6) is 0 Å². The molecule has 0 saturated carbocycles. The Morgan fingerprint density at radius 2 is 2.18 bits per heavy atom. The van der Waals surface area contributed by atoms with E-state index in [0.717, 1.165) is 18.6 Å². The molecular weight excluding hydrogens is 212 g/mol. The molecule has 3 nitrogen and oxygen atoms in total. The van der Waals surface area contributed by atoms with Crippen LogP contribution in [-0.4, -0.2) is 50.8 Å². The zero-order valence-electron chi connectivity index (χ0n) is 11.9. The van der Waals surface area contributed by atoms with Gasteiger partial charge in [0.05, 0.1) is 0 Å². The minimum Gasteiger partial charge on any atom is -0.385 e. The molecule has 17 heavy (non-hydrogen) atoms. The minimum atomic E-state index is 0.749. The van der Waals surface area contributed by atoms with Gasteiger partial charge in [-0.05, 0) is 38.3 Å². The van der Waals surface area contributed by atoms with E-state index in [0.29, 0.717) is 0 Å². The molecule has 1 N–H and O–H groups in total. The SMILES string of the molecule is CCCNC1CCN(CCCOC)CC1CC. The number of methoxy groups -OCH3 is 1. The van der Waals surface area contributed by atoms with Gasteiger partial charge in [0.25, 0.3) is 0 Å². The largest absolute Gasteiger partial charge is 0.385 e. The number of piperidine rings is 1. The highest BCUT2D eigenvalue weighted by molar-refractivity contribution is 4.84. The van der Waals surface area contributed by atoms with E-state index in [1.165, 1.54) is 51.9 Å². The van der Waals surface area contributed by atoms with Crippen molar-refractivity contribution in [2.45, 2.75) is 45.6 Å². The summed E-state index contributed by atoms with van der Waals surface area (Å²) in [7, 11) is 1.79. The molecule has 0 aliphatic carbocycles. The molecule has 0 aromatic heterocycles. The number of rotatable bonds is 8. The Bertz CT molecular complexity index is 187. The van der Waals surface area contributed by atoms with E-state index >= 15 is 0 Å². The first-order valence-corrected chi connectivity index (χ1v) is 7.26. The van der Waals surface area contributed by atoms with E-state index in [1.54, 1.807) is 7.11 Å². The summed E-state index contributed by atoms with van der Waals surface area (Å²) in [6.07, 6.45) is 5.01. The fourth-order valence-corrected chi connectivity index (χ4v) is 2.76. The first kappa shape index (κ1) is 14.9. The minimum absolute atomic E-state index is 0.749. The first-order valence-electron chi connectivity index (χ1n) is 7.26. The molecule has 3 heteroatoms. The molecule has 0 aromatic rings. The summed E-state index contributed by atoms with van der Waals surface area (Å²) in [5.74, 6) is 0.831. The number of nitrogens with zero attached hydrogens (tertiary/aromatic N) is 1. The molecule has 1 aliphatic heterocycles. The van der Waals surface area contributed by atoms with Gasteiger partial charge >= 0.3 is 0 Å². The third kappa shape index (κ3) is 5.36. The second-order valence-corrected chi connectivity index (χ2v) is 5.16. The quantitative estimate of drug-likeness (QED) is 0.660. The molecule has 2 unspecified atom stereocenters. The summed E-state index contributed by atoms with van der Waals surface area (Å²) in [5.41, 5.74) is 0. The maximum Gasteiger partial charge on any atom is 0.0474 e. The molecule has 0 bridgehead atoms. The lowest BCUT2D eigenvalue weighted by Crippen LogP contribution is -2.49. The van der Waals surface area contributed by atoms with Crippen LogP contribution in [0.2, 0.25) is 0 Å². The molecule has 1 fully saturated rings. The second-order valence-electron chi connectivity index (χ2n) is 5.16. The van der Waals surface area contributed by atoms with Crippen LogP contribution >= 0.6 is 0 Å². The van der Waals surface area contributed by atoms with Crippen molar-refractivity contribution in [2.24, 2.45) is 5.92 Å². The van der Waals surface area contributed by atoms with Gasteiger partial charge < -0.3 is 15.0 Å². The third-order valence-electron chi connectivity index (χ3n) is 3.82. The van der Waals surface area contributed by atoms with Crippen molar-refractivity contribution < 1.29 is 4.74 Å². The summed E-state index contributed by atoms with van der Waals surface area (Å²) < 4.78 is 5.12. The van der Waals surface area contributed by atoms with Crippen molar-refractivity contribution in [3.63, 3.8) is 0 Å². The van der Waals surface area contributed by atoms with Crippen LogP contribution in [-0.2, 0) is 4.74 Å². The zero-order valence-corrected chi connectivity index (χ0v) is 11.9. The van der Waals surface area contributed by atoms with Crippen molar-refractivity contribution in [1.29, 1.82) is 0 Å². The molecule has 0 spiro atoms. The smallest absolute Gasteiger partial charge is 0.0474 e. The highest BCUT2D eigenvalue weighted by Gasteiger charge is 2.26. The molecule has 1 aliphatic rings. The Balaban J connectivity index is 2.27. The van der Waals surface area contributed by atoms with Gasteiger partial charge in [-0.25, -0.2) is 0 Å². The fraction of sp³-hybridized carbons (Fsp3) is 1.00. The molecule has 1 heterocycles. The Morgan fingerprint density at radius 3 is 2.82 bits per heavy atom. The van der Waals surface area contributed by atoms with Gasteiger partial charge in [-0.15, -0.1) is 0 Å². The average Bonchev–Trinajstić information content (AvgIpc) is 2.37. The van der Waals surface area contributed by atoms with E-state index in [-0.39, 0.29) is 0 Å². The molecule has 0 aromatic carbocycles. The normalized spacial score (nSPS) is 26.3. The van der Waals surface area contributed by atoms with E-state index in [1.807, 2.05) is 0 Å². The van der Waals surface area contributed by atoms with Crippen molar-refractivity contribution in [1.82, 2.24) is 10.2 Å². The molecule has 2 atom stereocenters. The lowest BCUT2D eigenvalue weighted by Gasteiger charge is -2.38. The second kappa shape index (κ2) is 8.90. The van der Waals surface area contributed by atoms with E-state index in [4.69, 9.17) is 4.74 Å². The van der Waals surface area contributed by atoms with Gasteiger partial charge in [-0.1, -0.05) is 20.3 Å². The van der Waals surface area contributed by atoms with E-state index < -0.39 is 0 Å². The fourth-order valence-electron chi connectivity index (χ4n) is 2.76. The molecular formula is C14H30N2O. The number of ether oxygens (including phenoxy) is 1. The van der Waals surface area contributed by atoms with E-state index in [9.17, 15) is 0 Å². The Morgan fingerprint density at radius 1 is 1.35 bits per heavy atom. The summed E-state index contributed by atoms with van der Waals surface area (Å²) in [6, 6.07) is 0.749. The zero-order chi connectivity index (χ0) is 12.5. The molecule has 0 amide bonds. The average molecular weight is 242 g/mol. The Hall–Kier alpha value is -0.120. The number of hydrogen-bond donors (Lipinski definition) is 1. The van der Waals surface area contributed by atoms with Crippen LogP contribution in [0, 0.1) is 5.92 Å². The lowest BCUT2D eigenvalue weighted by atomic mass is 9.89. The van der Waals surface area contributed by atoms with Gasteiger partial charge in [0, 0.05) is 32.8 Å². The lowest BCUT2D eigenvalue weighted by molar-refractivity contribution is 0.117. The molecule has 1 saturated heterocycles. The van der Waals surface area contributed by atoms with Crippen LogP contribution in [0.4, 0.5) is 0 Å². The third-order valence-corrected chi connectivity index (χ3v) is 3.82. The first-order chi connectivity index (χ1) is 8.31. The highest BCUT2D eigenvalue weighted by atomic mass is 16.5. The van der Waals surface area contributed by atoms with Gasteiger partial charge in [-0.2, -0.15) is 0 Å². The Labute approximate surface area is 107 Å². The van der Waals surface area contributed by atoms with Crippen molar-refractivity contribution in [3.8, 4) is 0 Å².